The van der Waals surface area contributed by atoms with Crippen LogP contribution in [0.1, 0.15) is 11.1 Å². The van der Waals surface area contributed by atoms with Crippen LogP contribution in [0.15, 0.2) is 12.1 Å². The van der Waals surface area contributed by atoms with Gasteiger partial charge in [-0.05, 0) is 31.0 Å². The van der Waals surface area contributed by atoms with E-state index >= 15 is 0 Å². The molecule has 0 radical (unpaired) electrons. The first-order valence-electron chi connectivity index (χ1n) is 5.41. The fourth-order valence-electron chi connectivity index (χ4n) is 2.06. The van der Waals surface area contributed by atoms with Crippen molar-refractivity contribution in [3.05, 3.63) is 28.3 Å². The lowest BCUT2D eigenvalue weighted by atomic mass is 10.1. The highest BCUT2D eigenvalue weighted by Gasteiger charge is 2.13. The Balaban J connectivity index is 2.30. The predicted octanol–water partition coefficient (Wildman–Crippen LogP) is 2.37. The first kappa shape index (κ1) is 10.8. The number of aryl methyl sites for hydroxylation is 2. The quantitative estimate of drug-likeness (QED) is 0.788. The average molecular weight is 225 g/mol. The van der Waals surface area contributed by atoms with E-state index in [4.69, 9.17) is 11.6 Å². The lowest BCUT2D eigenvalue weighted by Crippen LogP contribution is -2.43. The van der Waals surface area contributed by atoms with Crippen molar-refractivity contribution in [2.24, 2.45) is 0 Å². The first-order chi connectivity index (χ1) is 7.18. The van der Waals surface area contributed by atoms with Gasteiger partial charge in [0.1, 0.15) is 0 Å². The summed E-state index contributed by atoms with van der Waals surface area (Å²) in [7, 11) is 0. The van der Waals surface area contributed by atoms with Gasteiger partial charge in [0.2, 0.25) is 0 Å². The molecule has 0 amide bonds. The fraction of sp³-hybridized carbons (Fsp3) is 0.500. The van der Waals surface area contributed by atoms with Gasteiger partial charge < -0.3 is 10.2 Å². The molecule has 0 unspecified atom stereocenters. The Morgan fingerprint density at radius 3 is 2.47 bits per heavy atom. The van der Waals surface area contributed by atoms with Crippen molar-refractivity contribution in [2.45, 2.75) is 13.8 Å². The van der Waals surface area contributed by atoms with E-state index in [2.05, 4.69) is 36.2 Å². The average Bonchev–Trinajstić information content (AvgIpc) is 2.25. The summed E-state index contributed by atoms with van der Waals surface area (Å²) < 4.78 is 0. The van der Waals surface area contributed by atoms with Crippen LogP contribution in [0.5, 0.6) is 0 Å². The summed E-state index contributed by atoms with van der Waals surface area (Å²) >= 11 is 6.16. The zero-order chi connectivity index (χ0) is 10.8. The second-order valence-corrected chi connectivity index (χ2v) is 4.53. The van der Waals surface area contributed by atoms with Crippen LogP contribution in [0, 0.1) is 13.8 Å². The highest BCUT2D eigenvalue weighted by atomic mass is 35.5. The van der Waals surface area contributed by atoms with Gasteiger partial charge in [-0.15, -0.1) is 0 Å². The molecule has 0 spiro atoms. The van der Waals surface area contributed by atoms with E-state index in [1.54, 1.807) is 0 Å². The molecule has 0 aromatic heterocycles. The predicted molar refractivity (Wildman–Crippen MR) is 66.0 cm³/mol. The second-order valence-electron chi connectivity index (χ2n) is 4.12. The van der Waals surface area contributed by atoms with Gasteiger partial charge in [-0.25, -0.2) is 0 Å². The summed E-state index contributed by atoms with van der Waals surface area (Å²) in [6, 6.07) is 4.26. The van der Waals surface area contributed by atoms with Crippen molar-refractivity contribution in [3.63, 3.8) is 0 Å². The van der Waals surface area contributed by atoms with Gasteiger partial charge in [-0.2, -0.15) is 0 Å². The molecule has 1 N–H and O–H groups in total. The van der Waals surface area contributed by atoms with Crippen LogP contribution in [0.2, 0.25) is 5.02 Å². The van der Waals surface area contributed by atoms with Crippen LogP contribution in [-0.4, -0.2) is 26.2 Å². The van der Waals surface area contributed by atoms with E-state index in [1.165, 1.54) is 11.3 Å². The molecule has 82 valence electrons. The molecule has 3 heteroatoms. The fourth-order valence-corrected chi connectivity index (χ4v) is 2.22. The molecule has 15 heavy (non-hydrogen) atoms. The van der Waals surface area contributed by atoms with Gasteiger partial charge >= 0.3 is 0 Å². The second kappa shape index (κ2) is 4.42. The molecule has 1 aliphatic rings. The van der Waals surface area contributed by atoms with E-state index in [-0.39, 0.29) is 0 Å². The van der Waals surface area contributed by atoms with E-state index in [9.17, 15) is 0 Å². The Hall–Kier alpha value is -0.730. The Bertz CT molecular complexity index is 357. The van der Waals surface area contributed by atoms with Gasteiger partial charge in [0.25, 0.3) is 0 Å². The van der Waals surface area contributed by atoms with Crippen molar-refractivity contribution >= 4 is 17.3 Å². The van der Waals surface area contributed by atoms with Gasteiger partial charge in [0.05, 0.1) is 0 Å². The summed E-state index contributed by atoms with van der Waals surface area (Å²) in [6.07, 6.45) is 0. The Kier molecular flexibility index (Phi) is 3.17. The molecule has 0 aliphatic carbocycles. The van der Waals surface area contributed by atoms with Gasteiger partial charge in [0.15, 0.2) is 0 Å². The zero-order valence-corrected chi connectivity index (χ0v) is 10.1. The number of anilines is 1. The first-order valence-corrected chi connectivity index (χ1v) is 5.78. The number of nitrogens with one attached hydrogen (secondary N) is 1. The Morgan fingerprint density at radius 2 is 1.80 bits per heavy atom. The third kappa shape index (κ3) is 2.27. The largest absolute Gasteiger partial charge is 0.369 e. The van der Waals surface area contributed by atoms with E-state index in [0.29, 0.717) is 0 Å². The Labute approximate surface area is 96.2 Å². The highest BCUT2D eigenvalue weighted by Crippen LogP contribution is 2.27. The summed E-state index contributed by atoms with van der Waals surface area (Å²) in [5, 5.41) is 4.22. The standard InChI is InChI=1S/C12H17ClN2/c1-9-7-10(2)12(8-11(9)13)15-5-3-14-4-6-15/h7-8,14H,3-6H2,1-2H3. The lowest BCUT2D eigenvalue weighted by Gasteiger charge is -2.31. The molecule has 1 fully saturated rings. The third-order valence-corrected chi connectivity index (χ3v) is 3.34. The van der Waals surface area contributed by atoms with Gasteiger partial charge in [0, 0.05) is 36.9 Å². The number of nitrogens with zero attached hydrogens (tertiary/aromatic N) is 1. The van der Waals surface area contributed by atoms with Crippen LogP contribution < -0.4 is 10.2 Å². The van der Waals surface area contributed by atoms with Crippen molar-refractivity contribution in [1.29, 1.82) is 0 Å². The molecule has 1 aliphatic heterocycles. The van der Waals surface area contributed by atoms with Crippen molar-refractivity contribution in [1.82, 2.24) is 5.32 Å². The number of benzene rings is 1. The molecule has 0 atom stereocenters. The maximum atomic E-state index is 6.16. The molecule has 1 aromatic rings. The molecule has 0 saturated carbocycles. The smallest absolute Gasteiger partial charge is 0.0455 e. The SMILES string of the molecule is Cc1cc(C)c(N2CCNCC2)cc1Cl. The minimum Gasteiger partial charge on any atom is -0.369 e. The maximum Gasteiger partial charge on any atom is 0.0455 e. The Morgan fingerprint density at radius 1 is 1.13 bits per heavy atom. The summed E-state index contributed by atoms with van der Waals surface area (Å²) in [6.45, 7) is 8.47. The highest BCUT2D eigenvalue weighted by molar-refractivity contribution is 6.31. The molecule has 1 saturated heterocycles. The van der Waals surface area contributed by atoms with E-state index in [1.807, 2.05) is 0 Å². The number of rotatable bonds is 1. The minimum atomic E-state index is 0.870. The summed E-state index contributed by atoms with van der Waals surface area (Å²) in [4.78, 5) is 2.40. The maximum absolute atomic E-state index is 6.16. The zero-order valence-electron chi connectivity index (χ0n) is 9.31. The topological polar surface area (TPSA) is 15.3 Å². The number of hydrogen-bond acceptors (Lipinski definition) is 2. The molecular formula is C12H17ClN2. The molecule has 0 bridgehead atoms. The summed E-state index contributed by atoms with van der Waals surface area (Å²) in [5.74, 6) is 0. The third-order valence-electron chi connectivity index (χ3n) is 2.93. The van der Waals surface area contributed by atoms with E-state index < -0.39 is 0 Å². The van der Waals surface area contributed by atoms with Crippen molar-refractivity contribution in [3.8, 4) is 0 Å². The minimum absolute atomic E-state index is 0.870. The summed E-state index contributed by atoms with van der Waals surface area (Å²) in [5.41, 5.74) is 3.76. The van der Waals surface area contributed by atoms with Crippen molar-refractivity contribution in [2.75, 3.05) is 31.1 Å². The van der Waals surface area contributed by atoms with Gasteiger partial charge in [-0.3, -0.25) is 0 Å². The normalized spacial score (nSPS) is 16.9. The number of piperazine rings is 1. The molecular weight excluding hydrogens is 208 g/mol. The molecule has 2 nitrogen and oxygen atoms in total. The number of halogens is 1. The van der Waals surface area contributed by atoms with Crippen LogP contribution in [0.25, 0.3) is 0 Å². The lowest BCUT2D eigenvalue weighted by molar-refractivity contribution is 0.588. The van der Waals surface area contributed by atoms with Crippen LogP contribution in [0.3, 0.4) is 0 Å². The van der Waals surface area contributed by atoms with Crippen LogP contribution in [-0.2, 0) is 0 Å². The monoisotopic (exact) mass is 224 g/mol. The number of hydrogen-bond donors (Lipinski definition) is 1. The van der Waals surface area contributed by atoms with Crippen LogP contribution in [0.4, 0.5) is 5.69 Å². The molecule has 2 rings (SSSR count). The van der Waals surface area contributed by atoms with E-state index in [0.717, 1.165) is 36.8 Å². The molecule has 1 aromatic carbocycles. The van der Waals surface area contributed by atoms with Gasteiger partial charge in [-0.1, -0.05) is 17.7 Å². The van der Waals surface area contributed by atoms with Crippen molar-refractivity contribution < 1.29 is 0 Å². The molecule has 1 heterocycles. The van der Waals surface area contributed by atoms with Crippen LogP contribution >= 0.6 is 11.6 Å².